The minimum absolute atomic E-state index is 0.0605. The molecule has 0 radical (unpaired) electrons. The molecule has 0 spiro atoms. The highest BCUT2D eigenvalue weighted by Gasteiger charge is 2.21. The molecule has 0 saturated heterocycles. The first-order valence-electron chi connectivity index (χ1n) is 9.21. The fraction of sp³-hybridized carbons (Fsp3) is 0.500. The minimum atomic E-state index is 0.0605. The van der Waals surface area contributed by atoms with Gasteiger partial charge in [0.05, 0.1) is 0 Å². The highest BCUT2D eigenvalue weighted by atomic mass is 32.2. The molecule has 0 nitrogen and oxygen atoms in total. The molecule has 0 N–H and O–H groups in total. The summed E-state index contributed by atoms with van der Waals surface area (Å²) < 4.78 is 0. The van der Waals surface area contributed by atoms with E-state index in [1.54, 1.807) is 0 Å². The first-order chi connectivity index (χ1) is 11.3. The molecular weight excluding hydrogens is 320 g/mol. The molecule has 2 aliphatic rings. The quantitative estimate of drug-likeness (QED) is 0.455. The first kappa shape index (κ1) is 20.1. The smallest absolute Gasteiger partial charge is 0.00875 e. The van der Waals surface area contributed by atoms with Crippen molar-refractivity contribution in [2.75, 3.05) is 0 Å². The van der Waals surface area contributed by atoms with Crippen LogP contribution in [0.4, 0.5) is 0 Å². The Balaban J connectivity index is 2.39. The minimum Gasteiger partial charge on any atom is -0.0907 e. The maximum Gasteiger partial charge on any atom is 0.00875 e. The van der Waals surface area contributed by atoms with Crippen LogP contribution >= 0.6 is 11.8 Å². The van der Waals surface area contributed by atoms with Gasteiger partial charge in [-0.3, -0.25) is 0 Å². The van der Waals surface area contributed by atoms with E-state index < -0.39 is 0 Å². The van der Waals surface area contributed by atoms with Gasteiger partial charge in [-0.25, -0.2) is 0 Å². The average molecular weight is 355 g/mol. The van der Waals surface area contributed by atoms with Crippen molar-refractivity contribution in [3.05, 3.63) is 70.6 Å². The standard InChI is InChI=1S/C24H34S/c1-21(2)11-9-19(17-23(5,6)15-13-21)25-20-10-12-22(3,4)14-16-24(7,8)18-20/h9-18H,1-8H3/b11-9-,12-10-,15-13-,16-14-,19-17+,20-18+. The highest BCUT2D eigenvalue weighted by molar-refractivity contribution is 8.07. The normalized spacial score (nSPS) is 35.4. The summed E-state index contributed by atoms with van der Waals surface area (Å²) in [6.45, 7) is 18.1. The molecule has 0 aliphatic heterocycles. The molecule has 0 aromatic heterocycles. The van der Waals surface area contributed by atoms with Crippen LogP contribution in [0.3, 0.4) is 0 Å². The molecule has 0 fully saturated rings. The van der Waals surface area contributed by atoms with Crippen LogP contribution in [0.15, 0.2) is 70.6 Å². The third-order valence-corrected chi connectivity index (χ3v) is 5.48. The maximum atomic E-state index is 2.38. The molecule has 0 saturated carbocycles. The molecule has 1 heteroatoms. The predicted molar refractivity (Wildman–Crippen MR) is 115 cm³/mol. The number of hydrogen-bond acceptors (Lipinski definition) is 1. The molecule has 0 amide bonds. The molecule has 0 atom stereocenters. The van der Waals surface area contributed by atoms with Crippen LogP contribution < -0.4 is 0 Å². The zero-order valence-corrected chi connectivity index (χ0v) is 18.0. The lowest BCUT2D eigenvalue weighted by Gasteiger charge is -2.26. The second kappa shape index (κ2) is 6.83. The molecule has 0 unspecified atom stereocenters. The Kier molecular flexibility index (Phi) is 5.50. The van der Waals surface area contributed by atoms with Gasteiger partial charge in [-0.1, -0.05) is 128 Å². The van der Waals surface area contributed by atoms with Gasteiger partial charge in [0.2, 0.25) is 0 Å². The lowest BCUT2D eigenvalue weighted by Crippen LogP contribution is -2.12. The van der Waals surface area contributed by atoms with Gasteiger partial charge in [0.25, 0.3) is 0 Å². The molecule has 0 bridgehead atoms. The van der Waals surface area contributed by atoms with Crippen molar-refractivity contribution < 1.29 is 0 Å². The van der Waals surface area contributed by atoms with Gasteiger partial charge < -0.3 is 0 Å². The zero-order chi connectivity index (χ0) is 18.9. The van der Waals surface area contributed by atoms with Crippen LogP contribution in [0.1, 0.15) is 55.4 Å². The van der Waals surface area contributed by atoms with Gasteiger partial charge in [-0.2, -0.15) is 0 Å². The lowest BCUT2D eigenvalue weighted by molar-refractivity contribution is 0.574. The highest BCUT2D eigenvalue weighted by Crippen LogP contribution is 2.40. The van der Waals surface area contributed by atoms with Gasteiger partial charge in [-0.15, -0.1) is 0 Å². The van der Waals surface area contributed by atoms with Crippen LogP contribution in [0.25, 0.3) is 0 Å². The molecule has 0 heterocycles. The van der Waals surface area contributed by atoms with Gasteiger partial charge in [-0.05, 0) is 0 Å². The summed E-state index contributed by atoms with van der Waals surface area (Å²) in [4.78, 5) is 2.63. The third kappa shape index (κ3) is 6.55. The summed E-state index contributed by atoms with van der Waals surface area (Å²) in [7, 11) is 0. The SMILES string of the molecule is CC1(C)/C=C\C(SC2=C/C(C)(C)/C=C\C(C)(C)/C=C\2)=C/C(C)(C)/C=C\1. The van der Waals surface area contributed by atoms with Crippen molar-refractivity contribution in [1.82, 2.24) is 0 Å². The summed E-state index contributed by atoms with van der Waals surface area (Å²) in [5, 5.41) is 0. The van der Waals surface area contributed by atoms with Crippen molar-refractivity contribution in [2.45, 2.75) is 55.4 Å². The molecule has 2 rings (SSSR count). The van der Waals surface area contributed by atoms with Crippen molar-refractivity contribution in [2.24, 2.45) is 21.7 Å². The second-order valence-corrected chi connectivity index (χ2v) is 11.0. The topological polar surface area (TPSA) is 0 Å². The fourth-order valence-corrected chi connectivity index (χ4v) is 4.02. The van der Waals surface area contributed by atoms with Gasteiger partial charge in [0.15, 0.2) is 0 Å². The largest absolute Gasteiger partial charge is 0.0907 e. The Hall–Kier alpha value is -1.21. The Labute approximate surface area is 159 Å². The molecular formula is C24H34S. The first-order valence-corrected chi connectivity index (χ1v) is 10.0. The average Bonchev–Trinajstić information content (AvgIpc) is 2.45. The van der Waals surface area contributed by atoms with Crippen LogP contribution in [0.5, 0.6) is 0 Å². The zero-order valence-electron chi connectivity index (χ0n) is 17.2. The van der Waals surface area contributed by atoms with Crippen LogP contribution in [0.2, 0.25) is 0 Å². The van der Waals surface area contributed by atoms with E-state index in [4.69, 9.17) is 0 Å². The van der Waals surface area contributed by atoms with E-state index >= 15 is 0 Å². The van der Waals surface area contributed by atoms with Crippen molar-refractivity contribution >= 4 is 11.8 Å². The predicted octanol–water partition coefficient (Wildman–Crippen LogP) is 7.84. The Morgan fingerprint density at radius 1 is 0.480 bits per heavy atom. The summed E-state index contributed by atoms with van der Waals surface area (Å²) in [6.07, 6.45) is 23.2. The van der Waals surface area contributed by atoms with E-state index in [9.17, 15) is 0 Å². The van der Waals surface area contributed by atoms with Crippen LogP contribution in [-0.2, 0) is 0 Å². The Morgan fingerprint density at radius 2 is 0.800 bits per heavy atom. The van der Waals surface area contributed by atoms with Gasteiger partial charge >= 0.3 is 0 Å². The summed E-state index contributed by atoms with van der Waals surface area (Å²) in [6, 6.07) is 0. The number of rotatable bonds is 2. The molecule has 25 heavy (non-hydrogen) atoms. The van der Waals surface area contributed by atoms with Crippen molar-refractivity contribution in [3.63, 3.8) is 0 Å². The summed E-state index contributed by atoms with van der Waals surface area (Å²) in [5.74, 6) is 0. The molecule has 0 aromatic rings. The fourth-order valence-electron chi connectivity index (χ4n) is 2.75. The monoisotopic (exact) mass is 354 g/mol. The van der Waals surface area contributed by atoms with E-state index in [0.717, 1.165) is 0 Å². The van der Waals surface area contributed by atoms with Gasteiger partial charge in [0, 0.05) is 31.5 Å². The third-order valence-electron chi connectivity index (χ3n) is 4.50. The Bertz CT molecular complexity index is 626. The maximum absolute atomic E-state index is 2.38. The molecule has 136 valence electrons. The van der Waals surface area contributed by atoms with E-state index in [1.807, 2.05) is 11.8 Å². The number of hydrogen-bond donors (Lipinski definition) is 0. The Morgan fingerprint density at radius 3 is 1.16 bits per heavy atom. The van der Waals surface area contributed by atoms with E-state index in [0.29, 0.717) is 0 Å². The molecule has 0 aromatic carbocycles. The van der Waals surface area contributed by atoms with E-state index in [-0.39, 0.29) is 21.7 Å². The summed E-state index contributed by atoms with van der Waals surface area (Å²) >= 11 is 1.87. The summed E-state index contributed by atoms with van der Waals surface area (Å²) in [5.41, 5.74) is 0.300. The lowest BCUT2D eigenvalue weighted by atomic mass is 9.84. The van der Waals surface area contributed by atoms with Crippen molar-refractivity contribution in [3.8, 4) is 0 Å². The van der Waals surface area contributed by atoms with Crippen molar-refractivity contribution in [1.29, 1.82) is 0 Å². The van der Waals surface area contributed by atoms with E-state index in [2.05, 4.69) is 116 Å². The van der Waals surface area contributed by atoms with Gasteiger partial charge in [0.1, 0.15) is 0 Å². The number of allylic oxidation sites excluding steroid dienone is 10. The van der Waals surface area contributed by atoms with Crippen LogP contribution in [-0.4, -0.2) is 0 Å². The van der Waals surface area contributed by atoms with Crippen LogP contribution in [0, 0.1) is 21.7 Å². The number of thioether (sulfide) groups is 1. The van der Waals surface area contributed by atoms with E-state index in [1.165, 1.54) is 9.81 Å². The second-order valence-electron chi connectivity index (χ2n) is 9.81. The molecule has 2 aliphatic carbocycles.